The maximum Gasteiger partial charge on any atom is 0.143 e. The minimum atomic E-state index is -0.744. The van der Waals surface area contributed by atoms with Crippen LogP contribution in [0, 0.1) is 0 Å². The first kappa shape index (κ1) is 10.6. The van der Waals surface area contributed by atoms with Gasteiger partial charge in [0.15, 0.2) is 0 Å². The van der Waals surface area contributed by atoms with Crippen molar-refractivity contribution in [1.82, 2.24) is 14.8 Å². The molecule has 0 aliphatic carbocycles. The number of aromatic nitrogens is 3. The molecule has 84 valence electrons. The van der Waals surface area contributed by atoms with Gasteiger partial charge in [0, 0.05) is 30.6 Å². The van der Waals surface area contributed by atoms with Crippen LogP contribution < -0.4 is 4.74 Å². The van der Waals surface area contributed by atoms with Crippen LogP contribution in [-0.2, 0) is 7.05 Å². The molecule has 0 saturated carbocycles. The third-order valence-corrected chi connectivity index (χ3v) is 2.37. The van der Waals surface area contributed by atoms with Crippen LogP contribution in [0.4, 0.5) is 0 Å². The molecule has 1 N–H and O–H groups in total. The fourth-order valence-corrected chi connectivity index (χ4v) is 1.55. The van der Waals surface area contributed by atoms with E-state index in [9.17, 15) is 5.11 Å². The van der Waals surface area contributed by atoms with Gasteiger partial charge < -0.3 is 9.84 Å². The molecule has 1 unspecified atom stereocenters. The second-order valence-corrected chi connectivity index (χ2v) is 3.47. The number of methoxy groups -OCH3 is 1. The highest BCUT2D eigenvalue weighted by atomic mass is 16.5. The van der Waals surface area contributed by atoms with Crippen molar-refractivity contribution in [3.8, 4) is 5.75 Å². The summed E-state index contributed by atoms with van der Waals surface area (Å²) < 4.78 is 6.79. The molecule has 1 atom stereocenters. The van der Waals surface area contributed by atoms with Crippen LogP contribution in [0.25, 0.3) is 0 Å². The van der Waals surface area contributed by atoms with E-state index in [0.29, 0.717) is 11.3 Å². The van der Waals surface area contributed by atoms with Crippen molar-refractivity contribution < 1.29 is 9.84 Å². The maximum absolute atomic E-state index is 10.2. The fourth-order valence-electron chi connectivity index (χ4n) is 1.55. The van der Waals surface area contributed by atoms with Gasteiger partial charge in [0.2, 0.25) is 0 Å². The average molecular weight is 219 g/mol. The quantitative estimate of drug-likeness (QED) is 0.833. The molecule has 0 spiro atoms. The predicted octanol–water partition coefficient (Wildman–Crippen LogP) is 0.905. The van der Waals surface area contributed by atoms with Crippen molar-refractivity contribution in [3.63, 3.8) is 0 Å². The Hall–Kier alpha value is -1.88. The molecule has 0 bridgehead atoms. The summed E-state index contributed by atoms with van der Waals surface area (Å²) in [6.45, 7) is 0. The number of nitrogens with zero attached hydrogens (tertiary/aromatic N) is 3. The molecule has 0 fully saturated rings. The number of hydrogen-bond acceptors (Lipinski definition) is 4. The van der Waals surface area contributed by atoms with Gasteiger partial charge in [-0.3, -0.25) is 9.67 Å². The van der Waals surface area contributed by atoms with Crippen molar-refractivity contribution in [2.75, 3.05) is 7.11 Å². The van der Waals surface area contributed by atoms with E-state index in [1.165, 1.54) is 0 Å². The van der Waals surface area contributed by atoms with Crippen molar-refractivity contribution in [2.24, 2.45) is 7.05 Å². The SMILES string of the molecule is COc1cnccc1C(O)c1cnn(C)c1. The monoisotopic (exact) mass is 219 g/mol. The lowest BCUT2D eigenvalue weighted by Crippen LogP contribution is -2.01. The normalized spacial score (nSPS) is 12.4. The highest BCUT2D eigenvalue weighted by Crippen LogP contribution is 2.28. The first-order chi connectivity index (χ1) is 7.72. The zero-order chi connectivity index (χ0) is 11.5. The lowest BCUT2D eigenvalue weighted by Gasteiger charge is -2.12. The van der Waals surface area contributed by atoms with Crippen LogP contribution >= 0.6 is 0 Å². The Kier molecular flexibility index (Phi) is 2.87. The van der Waals surface area contributed by atoms with Crippen LogP contribution in [0.1, 0.15) is 17.2 Å². The number of pyridine rings is 1. The Labute approximate surface area is 93.3 Å². The maximum atomic E-state index is 10.2. The Balaban J connectivity index is 2.36. The van der Waals surface area contributed by atoms with Gasteiger partial charge in [-0.25, -0.2) is 0 Å². The summed E-state index contributed by atoms with van der Waals surface area (Å²) in [6.07, 6.45) is 5.85. The third-order valence-electron chi connectivity index (χ3n) is 2.37. The number of aliphatic hydroxyl groups excluding tert-OH is 1. The molecule has 0 saturated heterocycles. The van der Waals surface area contributed by atoms with E-state index in [2.05, 4.69) is 10.1 Å². The third kappa shape index (κ3) is 1.90. The van der Waals surface area contributed by atoms with E-state index in [1.54, 1.807) is 49.7 Å². The number of rotatable bonds is 3. The number of aryl methyl sites for hydroxylation is 1. The van der Waals surface area contributed by atoms with Gasteiger partial charge in [0.1, 0.15) is 11.9 Å². The van der Waals surface area contributed by atoms with Crippen molar-refractivity contribution >= 4 is 0 Å². The Bertz CT molecular complexity index is 482. The van der Waals surface area contributed by atoms with Crippen molar-refractivity contribution in [3.05, 3.63) is 42.0 Å². The van der Waals surface area contributed by atoms with Crippen LogP contribution in [0.2, 0.25) is 0 Å². The largest absolute Gasteiger partial charge is 0.495 e. The molecule has 0 radical (unpaired) electrons. The molecular formula is C11H13N3O2. The first-order valence-corrected chi connectivity index (χ1v) is 4.87. The summed E-state index contributed by atoms with van der Waals surface area (Å²) in [7, 11) is 3.36. The second-order valence-electron chi connectivity index (χ2n) is 3.47. The Morgan fingerprint density at radius 3 is 2.88 bits per heavy atom. The summed E-state index contributed by atoms with van der Waals surface area (Å²) in [5.74, 6) is 0.568. The topological polar surface area (TPSA) is 60.2 Å². The molecule has 0 aliphatic heterocycles. The molecule has 16 heavy (non-hydrogen) atoms. The average Bonchev–Trinajstić information content (AvgIpc) is 2.75. The van der Waals surface area contributed by atoms with Gasteiger partial charge >= 0.3 is 0 Å². The lowest BCUT2D eigenvalue weighted by atomic mass is 10.1. The molecule has 0 aromatic carbocycles. The second kappa shape index (κ2) is 4.32. The summed E-state index contributed by atoms with van der Waals surface area (Å²) in [5.41, 5.74) is 1.41. The zero-order valence-electron chi connectivity index (χ0n) is 9.16. The van der Waals surface area contributed by atoms with Crippen LogP contribution in [0.3, 0.4) is 0 Å². The molecular weight excluding hydrogens is 206 g/mol. The summed E-state index contributed by atoms with van der Waals surface area (Å²) in [4.78, 5) is 3.94. The van der Waals surface area contributed by atoms with E-state index in [0.717, 1.165) is 5.56 Å². The van der Waals surface area contributed by atoms with Gasteiger partial charge in [-0.15, -0.1) is 0 Å². The minimum Gasteiger partial charge on any atom is -0.495 e. The highest BCUT2D eigenvalue weighted by Gasteiger charge is 2.16. The molecule has 2 aromatic rings. The minimum absolute atomic E-state index is 0.568. The van der Waals surface area contributed by atoms with E-state index in [1.807, 2.05) is 0 Å². The van der Waals surface area contributed by atoms with Gasteiger partial charge in [0.05, 0.1) is 19.5 Å². The Morgan fingerprint density at radius 2 is 2.25 bits per heavy atom. The van der Waals surface area contributed by atoms with Crippen molar-refractivity contribution in [2.45, 2.75) is 6.10 Å². The van der Waals surface area contributed by atoms with Crippen LogP contribution in [0.15, 0.2) is 30.9 Å². The Morgan fingerprint density at radius 1 is 1.44 bits per heavy atom. The molecule has 0 aliphatic rings. The van der Waals surface area contributed by atoms with Gasteiger partial charge in [-0.2, -0.15) is 5.10 Å². The number of hydrogen-bond donors (Lipinski definition) is 1. The van der Waals surface area contributed by atoms with E-state index in [4.69, 9.17) is 4.74 Å². The highest BCUT2D eigenvalue weighted by molar-refractivity contribution is 5.36. The molecule has 0 amide bonds. The van der Waals surface area contributed by atoms with Crippen LogP contribution in [0.5, 0.6) is 5.75 Å². The molecule has 2 rings (SSSR count). The summed E-state index contributed by atoms with van der Waals surface area (Å²) >= 11 is 0. The standard InChI is InChI=1S/C11H13N3O2/c1-14-7-8(5-13-14)11(15)9-3-4-12-6-10(9)16-2/h3-7,11,15H,1-2H3. The van der Waals surface area contributed by atoms with Crippen molar-refractivity contribution in [1.29, 1.82) is 0 Å². The van der Waals surface area contributed by atoms with E-state index >= 15 is 0 Å². The van der Waals surface area contributed by atoms with Crippen LogP contribution in [-0.4, -0.2) is 27.0 Å². The molecule has 5 nitrogen and oxygen atoms in total. The predicted molar refractivity (Wildman–Crippen MR) is 58.1 cm³/mol. The summed E-state index contributed by atoms with van der Waals surface area (Å²) in [6, 6.07) is 1.73. The van der Waals surface area contributed by atoms with Gasteiger partial charge in [-0.05, 0) is 6.07 Å². The molecule has 2 aromatic heterocycles. The zero-order valence-corrected chi connectivity index (χ0v) is 9.16. The summed E-state index contributed by atoms with van der Waals surface area (Å²) in [5, 5.41) is 14.2. The van der Waals surface area contributed by atoms with E-state index < -0.39 is 6.10 Å². The molecule has 2 heterocycles. The number of ether oxygens (including phenoxy) is 1. The lowest BCUT2D eigenvalue weighted by molar-refractivity contribution is 0.214. The number of aliphatic hydroxyl groups is 1. The van der Waals surface area contributed by atoms with E-state index in [-0.39, 0.29) is 0 Å². The van der Waals surface area contributed by atoms with Gasteiger partial charge in [-0.1, -0.05) is 0 Å². The van der Waals surface area contributed by atoms with Gasteiger partial charge in [0.25, 0.3) is 0 Å². The fraction of sp³-hybridized carbons (Fsp3) is 0.273. The smallest absolute Gasteiger partial charge is 0.143 e. The molecule has 5 heteroatoms. The first-order valence-electron chi connectivity index (χ1n) is 4.87.